The first-order valence-electron chi connectivity index (χ1n) is 7.34. The molecular weight excluding hydrogens is 326 g/mol. The maximum absolute atomic E-state index is 12.2. The molecule has 0 aliphatic carbocycles. The monoisotopic (exact) mass is 339 g/mol. The van der Waals surface area contributed by atoms with E-state index in [1.54, 1.807) is 6.07 Å². The molecule has 4 rings (SSSR count). The van der Waals surface area contributed by atoms with Crippen LogP contribution in [-0.2, 0) is 17.9 Å². The van der Waals surface area contributed by atoms with E-state index in [4.69, 9.17) is 0 Å². The zero-order valence-electron chi connectivity index (χ0n) is 12.5. The van der Waals surface area contributed by atoms with E-state index in [0.717, 1.165) is 11.0 Å². The second kappa shape index (κ2) is 5.89. The molecule has 0 aliphatic heterocycles. The lowest BCUT2D eigenvalue weighted by Gasteiger charge is -2.05. The lowest BCUT2D eigenvalue weighted by atomic mass is 10.3. The van der Waals surface area contributed by atoms with Crippen molar-refractivity contribution in [1.82, 2.24) is 24.8 Å². The molecule has 3 heterocycles. The predicted molar refractivity (Wildman–Crippen MR) is 91.8 cm³/mol. The molecular formula is C16H13N5O2S. The van der Waals surface area contributed by atoms with Crippen LogP contribution in [0.2, 0.25) is 0 Å². The van der Waals surface area contributed by atoms with Crippen molar-refractivity contribution in [3.63, 3.8) is 0 Å². The number of carbonyl (C=O) groups is 1. The highest BCUT2D eigenvalue weighted by Crippen LogP contribution is 2.13. The number of hydrogen-bond donors (Lipinski definition) is 2. The van der Waals surface area contributed by atoms with Gasteiger partial charge < -0.3 is 10.3 Å². The fraction of sp³-hybridized carbons (Fsp3) is 0.125. The fourth-order valence-corrected chi connectivity index (χ4v) is 3.21. The van der Waals surface area contributed by atoms with Gasteiger partial charge in [0.25, 0.3) is 5.56 Å². The maximum atomic E-state index is 12.2. The van der Waals surface area contributed by atoms with Gasteiger partial charge >= 0.3 is 0 Å². The summed E-state index contributed by atoms with van der Waals surface area (Å²) in [5.41, 5.74) is 1.57. The second-order valence-electron chi connectivity index (χ2n) is 5.29. The molecule has 24 heavy (non-hydrogen) atoms. The van der Waals surface area contributed by atoms with E-state index in [1.165, 1.54) is 22.2 Å². The quantitative estimate of drug-likeness (QED) is 0.591. The van der Waals surface area contributed by atoms with Crippen LogP contribution in [0.25, 0.3) is 21.3 Å². The van der Waals surface area contributed by atoms with Gasteiger partial charge in [-0.05, 0) is 23.6 Å². The molecule has 120 valence electrons. The summed E-state index contributed by atoms with van der Waals surface area (Å²) in [5.74, 6) is 0.400. The Morgan fingerprint density at radius 1 is 1.29 bits per heavy atom. The Labute approximate surface area is 140 Å². The SMILES string of the molecule is O=C(Cn1cnc2sccc2c1=O)NCc1nc2ccccc2[nH]1. The lowest BCUT2D eigenvalue weighted by Crippen LogP contribution is -2.32. The number of rotatable bonds is 4. The van der Waals surface area contributed by atoms with E-state index in [1.807, 2.05) is 29.6 Å². The van der Waals surface area contributed by atoms with E-state index in [-0.39, 0.29) is 24.6 Å². The molecule has 1 aromatic carbocycles. The van der Waals surface area contributed by atoms with Gasteiger partial charge in [-0.25, -0.2) is 9.97 Å². The molecule has 0 saturated carbocycles. The Bertz CT molecular complexity index is 1060. The highest BCUT2D eigenvalue weighted by Gasteiger charge is 2.09. The van der Waals surface area contributed by atoms with Crippen LogP contribution in [0.15, 0.2) is 46.8 Å². The summed E-state index contributed by atoms with van der Waals surface area (Å²) >= 11 is 1.40. The number of carbonyl (C=O) groups excluding carboxylic acids is 1. The minimum Gasteiger partial charge on any atom is -0.347 e. The number of hydrogen-bond acceptors (Lipinski definition) is 5. The van der Waals surface area contributed by atoms with Crippen molar-refractivity contribution >= 4 is 38.5 Å². The smallest absolute Gasteiger partial charge is 0.262 e. The van der Waals surface area contributed by atoms with E-state index < -0.39 is 0 Å². The number of nitrogens with one attached hydrogen (secondary N) is 2. The summed E-state index contributed by atoms with van der Waals surface area (Å²) in [4.78, 5) is 36.7. The minimum atomic E-state index is -0.270. The molecule has 0 unspecified atom stereocenters. The number of thiophene rings is 1. The molecule has 3 aromatic heterocycles. The molecule has 4 aromatic rings. The highest BCUT2D eigenvalue weighted by atomic mass is 32.1. The number of para-hydroxylation sites is 2. The average molecular weight is 339 g/mol. The van der Waals surface area contributed by atoms with Crippen molar-refractivity contribution in [2.24, 2.45) is 0 Å². The summed E-state index contributed by atoms with van der Waals surface area (Å²) < 4.78 is 1.31. The van der Waals surface area contributed by atoms with E-state index in [9.17, 15) is 9.59 Å². The molecule has 0 fully saturated rings. The average Bonchev–Trinajstić information content (AvgIpc) is 3.22. The first-order chi connectivity index (χ1) is 11.7. The topological polar surface area (TPSA) is 92.7 Å². The molecule has 1 amide bonds. The third-order valence-electron chi connectivity index (χ3n) is 3.66. The van der Waals surface area contributed by atoms with Crippen molar-refractivity contribution < 1.29 is 4.79 Å². The number of aromatic amines is 1. The van der Waals surface area contributed by atoms with Gasteiger partial charge in [0.2, 0.25) is 5.91 Å². The zero-order chi connectivity index (χ0) is 16.5. The van der Waals surface area contributed by atoms with Gasteiger partial charge in [-0.15, -0.1) is 11.3 Å². The summed E-state index contributed by atoms with van der Waals surface area (Å²) in [7, 11) is 0. The zero-order valence-corrected chi connectivity index (χ0v) is 13.3. The normalized spacial score (nSPS) is 11.2. The molecule has 7 nitrogen and oxygen atoms in total. The van der Waals surface area contributed by atoms with Gasteiger partial charge in [0.05, 0.1) is 29.3 Å². The van der Waals surface area contributed by atoms with Crippen LogP contribution < -0.4 is 10.9 Å². The van der Waals surface area contributed by atoms with Crippen LogP contribution in [-0.4, -0.2) is 25.4 Å². The molecule has 8 heteroatoms. The van der Waals surface area contributed by atoms with Gasteiger partial charge in [-0.3, -0.25) is 14.2 Å². The Morgan fingerprint density at radius 3 is 3.04 bits per heavy atom. The summed E-state index contributed by atoms with van der Waals surface area (Å²) in [6, 6.07) is 9.37. The van der Waals surface area contributed by atoms with Crippen molar-refractivity contribution in [3.8, 4) is 0 Å². The minimum absolute atomic E-state index is 0.0716. The summed E-state index contributed by atoms with van der Waals surface area (Å²) in [6.45, 7) is 0.203. The molecule has 0 spiro atoms. The van der Waals surface area contributed by atoms with Gasteiger partial charge in [0, 0.05) is 0 Å². The van der Waals surface area contributed by atoms with Gasteiger partial charge in [-0.1, -0.05) is 12.1 Å². The van der Waals surface area contributed by atoms with Crippen molar-refractivity contribution in [2.75, 3.05) is 0 Å². The van der Waals surface area contributed by atoms with Gasteiger partial charge in [-0.2, -0.15) is 0 Å². The Balaban J connectivity index is 1.46. The predicted octanol–water partition coefficient (Wildman–Crippen LogP) is 1.65. The number of benzene rings is 1. The van der Waals surface area contributed by atoms with Crippen molar-refractivity contribution in [3.05, 3.63) is 58.2 Å². The third-order valence-corrected chi connectivity index (χ3v) is 4.48. The molecule has 0 bridgehead atoms. The van der Waals surface area contributed by atoms with Gasteiger partial charge in [0.15, 0.2) is 0 Å². The second-order valence-corrected chi connectivity index (χ2v) is 6.19. The Morgan fingerprint density at radius 2 is 2.17 bits per heavy atom. The molecule has 0 saturated heterocycles. The number of amides is 1. The first kappa shape index (κ1) is 14.6. The molecule has 0 atom stereocenters. The highest BCUT2D eigenvalue weighted by molar-refractivity contribution is 7.16. The number of nitrogens with zero attached hydrogens (tertiary/aromatic N) is 3. The Hall–Kier alpha value is -3.00. The maximum Gasteiger partial charge on any atom is 0.262 e. The summed E-state index contributed by atoms with van der Waals surface area (Å²) in [5, 5.41) is 5.11. The molecule has 0 aliphatic rings. The van der Waals surface area contributed by atoms with Crippen LogP contribution in [0.1, 0.15) is 5.82 Å². The van der Waals surface area contributed by atoms with Crippen LogP contribution in [0.3, 0.4) is 0 Å². The van der Waals surface area contributed by atoms with Crippen LogP contribution in [0.4, 0.5) is 0 Å². The fourth-order valence-electron chi connectivity index (χ4n) is 2.49. The van der Waals surface area contributed by atoms with Crippen LogP contribution >= 0.6 is 11.3 Å². The largest absolute Gasteiger partial charge is 0.347 e. The third kappa shape index (κ3) is 2.67. The van der Waals surface area contributed by atoms with Crippen molar-refractivity contribution in [2.45, 2.75) is 13.1 Å². The van der Waals surface area contributed by atoms with Crippen molar-refractivity contribution in [1.29, 1.82) is 0 Å². The molecule has 2 N–H and O–H groups in total. The number of imidazole rings is 1. The van der Waals surface area contributed by atoms with Crippen LogP contribution in [0.5, 0.6) is 0 Å². The number of fused-ring (bicyclic) bond motifs is 2. The van der Waals surface area contributed by atoms with Crippen LogP contribution in [0, 0.1) is 0 Å². The van der Waals surface area contributed by atoms with E-state index >= 15 is 0 Å². The Kier molecular flexibility index (Phi) is 3.58. The molecule has 0 radical (unpaired) electrons. The van der Waals surface area contributed by atoms with Gasteiger partial charge in [0.1, 0.15) is 17.2 Å². The summed E-state index contributed by atoms with van der Waals surface area (Å²) in [6.07, 6.45) is 1.40. The standard InChI is InChI=1S/C16H13N5O2S/c22-14(8-21-9-18-15-10(16(21)23)5-6-24-15)17-7-13-19-11-3-1-2-4-12(11)20-13/h1-6,9H,7-8H2,(H,17,22)(H,19,20). The number of aromatic nitrogens is 4. The van der Waals surface area contributed by atoms with E-state index in [2.05, 4.69) is 20.3 Å². The first-order valence-corrected chi connectivity index (χ1v) is 8.21. The van der Waals surface area contributed by atoms with E-state index in [0.29, 0.717) is 16.0 Å². The number of H-pyrrole nitrogens is 1. The lowest BCUT2D eigenvalue weighted by molar-refractivity contribution is -0.121.